The number of carbonyl (C=O) groups excluding carboxylic acids is 2. The van der Waals surface area contributed by atoms with Crippen LogP contribution in [0.4, 0.5) is 13.2 Å². The lowest BCUT2D eigenvalue weighted by Crippen LogP contribution is -2.38. The summed E-state index contributed by atoms with van der Waals surface area (Å²) in [5.74, 6) is -1.46. The van der Waals surface area contributed by atoms with Crippen molar-refractivity contribution in [1.29, 1.82) is 0 Å². The van der Waals surface area contributed by atoms with E-state index < -0.39 is 30.0 Å². The van der Waals surface area contributed by atoms with Crippen LogP contribution in [0.2, 0.25) is 5.02 Å². The number of benzene rings is 2. The van der Waals surface area contributed by atoms with Crippen LogP contribution >= 0.6 is 11.6 Å². The van der Waals surface area contributed by atoms with Crippen LogP contribution in [0.3, 0.4) is 0 Å². The van der Waals surface area contributed by atoms with E-state index in [4.69, 9.17) is 11.6 Å². The minimum atomic E-state index is -4.80. The van der Waals surface area contributed by atoms with Crippen LogP contribution in [0.15, 0.2) is 48.5 Å². The van der Waals surface area contributed by atoms with E-state index in [1.807, 2.05) is 0 Å². The molecule has 0 bridgehead atoms. The van der Waals surface area contributed by atoms with Gasteiger partial charge in [-0.25, -0.2) is 0 Å². The van der Waals surface area contributed by atoms with Gasteiger partial charge in [0.05, 0.1) is 12.6 Å². The number of aliphatic hydroxyl groups is 1. The normalized spacial score (nSPS) is 12.2. The second-order valence-electron chi connectivity index (χ2n) is 5.63. The van der Waals surface area contributed by atoms with Crippen LogP contribution in [0.5, 0.6) is 5.75 Å². The maximum absolute atomic E-state index is 12.1. The van der Waals surface area contributed by atoms with Gasteiger partial charge in [-0.2, -0.15) is 0 Å². The molecule has 2 aromatic carbocycles. The third-order valence-corrected chi connectivity index (χ3v) is 3.72. The molecule has 2 rings (SSSR count). The number of nitrogens with one attached hydrogen (secondary N) is 2. The fourth-order valence-electron chi connectivity index (χ4n) is 2.17. The molecule has 6 nitrogen and oxygen atoms in total. The van der Waals surface area contributed by atoms with E-state index in [1.54, 1.807) is 12.1 Å². The lowest BCUT2D eigenvalue weighted by Gasteiger charge is -2.14. The lowest BCUT2D eigenvalue weighted by molar-refractivity contribution is -0.274. The average Bonchev–Trinajstić information content (AvgIpc) is 2.63. The van der Waals surface area contributed by atoms with Gasteiger partial charge in [0.1, 0.15) is 5.75 Å². The Bertz CT molecular complexity index is 828. The number of halogens is 4. The fraction of sp³-hybridized carbons (Fsp3) is 0.222. The lowest BCUT2D eigenvalue weighted by atomic mass is 10.1. The predicted molar refractivity (Wildman–Crippen MR) is 94.9 cm³/mol. The molecular weight excluding hydrogens is 401 g/mol. The number of hydrogen-bond acceptors (Lipinski definition) is 4. The molecule has 0 aliphatic heterocycles. The Morgan fingerprint density at radius 1 is 1.11 bits per heavy atom. The summed E-state index contributed by atoms with van der Waals surface area (Å²) < 4.78 is 40.1. The first kappa shape index (κ1) is 21.5. The minimum Gasteiger partial charge on any atom is -0.406 e. The molecule has 0 fully saturated rings. The zero-order valence-electron chi connectivity index (χ0n) is 14.3. The van der Waals surface area contributed by atoms with Crippen LogP contribution < -0.4 is 15.4 Å². The molecule has 0 heterocycles. The number of carbonyl (C=O) groups is 2. The number of ether oxygens (including phenoxy) is 1. The van der Waals surface area contributed by atoms with Crippen molar-refractivity contribution in [2.24, 2.45) is 0 Å². The van der Waals surface area contributed by atoms with Gasteiger partial charge in [-0.15, -0.1) is 13.2 Å². The summed E-state index contributed by atoms with van der Waals surface area (Å²) in [5, 5.41) is 15.2. The minimum absolute atomic E-state index is 0.189. The molecule has 0 aromatic heterocycles. The molecule has 2 amide bonds. The van der Waals surface area contributed by atoms with Crippen LogP contribution in [0, 0.1) is 0 Å². The average molecular weight is 417 g/mol. The van der Waals surface area contributed by atoms with Gasteiger partial charge < -0.3 is 20.5 Å². The summed E-state index contributed by atoms with van der Waals surface area (Å²) in [6, 6.07) is 10.8. The van der Waals surface area contributed by atoms with Crippen LogP contribution in [0.1, 0.15) is 22.0 Å². The fourth-order valence-corrected chi connectivity index (χ4v) is 2.37. The summed E-state index contributed by atoms with van der Waals surface area (Å²) >= 11 is 5.79. The van der Waals surface area contributed by atoms with Gasteiger partial charge in [0.15, 0.2) is 0 Å². The maximum atomic E-state index is 12.1. The molecule has 2 aromatic rings. The molecule has 10 heteroatoms. The third kappa shape index (κ3) is 7.09. The Kier molecular flexibility index (Phi) is 7.24. The second kappa shape index (κ2) is 9.43. The zero-order chi connectivity index (χ0) is 20.7. The van der Waals surface area contributed by atoms with E-state index in [0.717, 1.165) is 12.1 Å². The molecule has 28 heavy (non-hydrogen) atoms. The topological polar surface area (TPSA) is 87.7 Å². The highest BCUT2D eigenvalue weighted by atomic mass is 35.5. The van der Waals surface area contributed by atoms with Gasteiger partial charge in [0.2, 0.25) is 5.91 Å². The number of amides is 2. The van der Waals surface area contributed by atoms with E-state index in [2.05, 4.69) is 15.4 Å². The molecule has 0 radical (unpaired) electrons. The molecule has 1 atom stereocenters. The Balaban J connectivity index is 1.78. The van der Waals surface area contributed by atoms with Crippen molar-refractivity contribution in [2.45, 2.75) is 12.5 Å². The summed E-state index contributed by atoms with van der Waals surface area (Å²) in [6.07, 6.45) is -5.95. The SMILES string of the molecule is O=C(CNC(=O)c1cccc(Cl)c1)NCC(O)c1ccc(OC(F)(F)F)cc1. The molecule has 0 saturated carbocycles. The first-order chi connectivity index (χ1) is 13.1. The molecular formula is C18H16ClF3N2O4. The molecule has 0 spiro atoms. The van der Waals surface area contributed by atoms with Crippen LogP contribution in [-0.4, -0.2) is 36.4 Å². The van der Waals surface area contributed by atoms with E-state index in [1.165, 1.54) is 24.3 Å². The summed E-state index contributed by atoms with van der Waals surface area (Å²) in [5.41, 5.74) is 0.583. The van der Waals surface area contributed by atoms with Gasteiger partial charge in [-0.1, -0.05) is 29.8 Å². The maximum Gasteiger partial charge on any atom is 0.573 e. The highest BCUT2D eigenvalue weighted by molar-refractivity contribution is 6.30. The Labute approximate surface area is 163 Å². The Hall–Kier alpha value is -2.78. The second-order valence-corrected chi connectivity index (χ2v) is 6.07. The van der Waals surface area contributed by atoms with Crippen molar-refractivity contribution in [3.63, 3.8) is 0 Å². The predicted octanol–water partition coefficient (Wildman–Crippen LogP) is 2.82. The van der Waals surface area contributed by atoms with Gasteiger partial charge in [-0.05, 0) is 35.9 Å². The van der Waals surface area contributed by atoms with Gasteiger partial charge in [-0.3, -0.25) is 9.59 Å². The number of hydrogen-bond donors (Lipinski definition) is 3. The van der Waals surface area contributed by atoms with Crippen molar-refractivity contribution < 1.29 is 32.6 Å². The molecule has 3 N–H and O–H groups in total. The van der Waals surface area contributed by atoms with E-state index in [-0.39, 0.29) is 18.7 Å². The molecule has 1 unspecified atom stereocenters. The Morgan fingerprint density at radius 3 is 2.39 bits per heavy atom. The largest absolute Gasteiger partial charge is 0.573 e. The summed E-state index contributed by atoms with van der Waals surface area (Å²) in [7, 11) is 0. The van der Waals surface area contributed by atoms with Gasteiger partial charge in [0, 0.05) is 17.1 Å². The van der Waals surface area contributed by atoms with Crippen molar-refractivity contribution in [2.75, 3.05) is 13.1 Å². The van der Waals surface area contributed by atoms with E-state index in [9.17, 15) is 27.9 Å². The van der Waals surface area contributed by atoms with E-state index in [0.29, 0.717) is 10.6 Å². The van der Waals surface area contributed by atoms with Crippen molar-refractivity contribution in [3.05, 3.63) is 64.7 Å². The van der Waals surface area contributed by atoms with Crippen molar-refractivity contribution in [1.82, 2.24) is 10.6 Å². The molecule has 0 aliphatic rings. The first-order valence-corrected chi connectivity index (χ1v) is 8.36. The summed E-state index contributed by atoms with van der Waals surface area (Å²) in [4.78, 5) is 23.7. The summed E-state index contributed by atoms with van der Waals surface area (Å²) in [6.45, 7) is -0.512. The monoisotopic (exact) mass is 416 g/mol. The zero-order valence-corrected chi connectivity index (χ0v) is 15.1. The smallest absolute Gasteiger partial charge is 0.406 e. The van der Waals surface area contributed by atoms with Crippen molar-refractivity contribution in [3.8, 4) is 5.75 Å². The van der Waals surface area contributed by atoms with Gasteiger partial charge in [0.25, 0.3) is 5.91 Å². The highest BCUT2D eigenvalue weighted by Gasteiger charge is 2.31. The molecule has 150 valence electrons. The number of alkyl halides is 3. The Morgan fingerprint density at radius 2 is 1.79 bits per heavy atom. The third-order valence-electron chi connectivity index (χ3n) is 3.49. The quantitative estimate of drug-likeness (QED) is 0.647. The highest BCUT2D eigenvalue weighted by Crippen LogP contribution is 2.24. The first-order valence-electron chi connectivity index (χ1n) is 7.98. The number of aliphatic hydroxyl groups excluding tert-OH is 1. The standard InChI is InChI=1S/C18H16ClF3N2O4/c19-13-3-1-2-12(8-13)17(27)24-10-16(26)23-9-15(25)11-4-6-14(7-5-11)28-18(20,21)22/h1-8,15,25H,9-10H2,(H,23,26)(H,24,27). The van der Waals surface area contributed by atoms with Crippen molar-refractivity contribution >= 4 is 23.4 Å². The number of rotatable bonds is 7. The van der Waals surface area contributed by atoms with E-state index >= 15 is 0 Å². The van der Waals surface area contributed by atoms with Crippen LogP contribution in [0.25, 0.3) is 0 Å². The molecule has 0 saturated heterocycles. The van der Waals surface area contributed by atoms with Gasteiger partial charge >= 0.3 is 6.36 Å². The molecule has 0 aliphatic carbocycles. The van der Waals surface area contributed by atoms with Crippen LogP contribution in [-0.2, 0) is 4.79 Å².